The number of rotatable bonds is 5. The van der Waals surface area contributed by atoms with Gasteiger partial charge >= 0.3 is 0 Å². The molecule has 1 unspecified atom stereocenters. The SMILES string of the molecule is Cc1cc(NC(=O)C(C)Sc2nnnn2-c2ccc(O)cc2)no1. The van der Waals surface area contributed by atoms with Gasteiger partial charge in [0.25, 0.3) is 0 Å². The van der Waals surface area contributed by atoms with E-state index in [9.17, 15) is 9.90 Å². The lowest BCUT2D eigenvalue weighted by Gasteiger charge is -2.10. The van der Waals surface area contributed by atoms with E-state index in [0.717, 1.165) is 0 Å². The first-order valence-electron chi connectivity index (χ1n) is 7.01. The molecular formula is C14H14N6O3S. The average molecular weight is 346 g/mol. The predicted octanol–water partition coefficient (Wildman–Crippen LogP) is 1.78. The Bertz CT molecular complexity index is 844. The molecule has 0 aliphatic carbocycles. The first-order chi connectivity index (χ1) is 11.5. The Labute approximate surface area is 141 Å². The van der Waals surface area contributed by atoms with Crippen molar-refractivity contribution in [1.29, 1.82) is 0 Å². The molecule has 3 aromatic rings. The Kier molecular flexibility index (Phi) is 4.47. The van der Waals surface area contributed by atoms with Crippen LogP contribution in [0.3, 0.4) is 0 Å². The number of tetrazole rings is 1. The lowest BCUT2D eigenvalue weighted by Crippen LogP contribution is -2.23. The third kappa shape index (κ3) is 3.54. The molecule has 9 nitrogen and oxygen atoms in total. The molecule has 0 fully saturated rings. The van der Waals surface area contributed by atoms with E-state index in [1.165, 1.54) is 28.6 Å². The van der Waals surface area contributed by atoms with E-state index < -0.39 is 5.25 Å². The molecule has 2 heterocycles. The highest BCUT2D eigenvalue weighted by atomic mass is 32.2. The molecule has 0 radical (unpaired) electrons. The summed E-state index contributed by atoms with van der Waals surface area (Å²) in [6.07, 6.45) is 0. The lowest BCUT2D eigenvalue weighted by molar-refractivity contribution is -0.115. The van der Waals surface area contributed by atoms with Gasteiger partial charge in [-0.1, -0.05) is 16.9 Å². The smallest absolute Gasteiger partial charge is 0.238 e. The summed E-state index contributed by atoms with van der Waals surface area (Å²) < 4.78 is 6.40. The molecule has 0 spiro atoms. The van der Waals surface area contributed by atoms with Gasteiger partial charge in [0.2, 0.25) is 11.1 Å². The number of carbonyl (C=O) groups is 1. The summed E-state index contributed by atoms with van der Waals surface area (Å²) in [6.45, 7) is 3.48. The van der Waals surface area contributed by atoms with E-state index >= 15 is 0 Å². The van der Waals surface area contributed by atoms with E-state index in [-0.39, 0.29) is 11.7 Å². The molecule has 24 heavy (non-hydrogen) atoms. The molecule has 3 rings (SSSR count). The molecular weight excluding hydrogens is 332 g/mol. The molecule has 10 heteroatoms. The molecule has 124 valence electrons. The maximum atomic E-state index is 12.2. The largest absolute Gasteiger partial charge is 0.508 e. The highest BCUT2D eigenvalue weighted by Gasteiger charge is 2.20. The second kappa shape index (κ2) is 6.71. The molecule has 2 N–H and O–H groups in total. The fraction of sp³-hybridized carbons (Fsp3) is 0.214. The molecule has 1 aromatic carbocycles. The third-order valence-electron chi connectivity index (χ3n) is 3.07. The van der Waals surface area contributed by atoms with Gasteiger partial charge in [0.15, 0.2) is 5.82 Å². The van der Waals surface area contributed by atoms with Crippen molar-refractivity contribution in [1.82, 2.24) is 25.4 Å². The van der Waals surface area contributed by atoms with Crippen molar-refractivity contribution in [2.45, 2.75) is 24.3 Å². The number of aromatic nitrogens is 5. The summed E-state index contributed by atoms with van der Waals surface area (Å²) in [7, 11) is 0. The van der Waals surface area contributed by atoms with Gasteiger partial charge in [0, 0.05) is 6.07 Å². The van der Waals surface area contributed by atoms with Crippen molar-refractivity contribution >= 4 is 23.5 Å². The topological polar surface area (TPSA) is 119 Å². The van der Waals surface area contributed by atoms with Crippen LogP contribution in [0, 0.1) is 6.92 Å². The Balaban J connectivity index is 1.70. The minimum Gasteiger partial charge on any atom is -0.508 e. The van der Waals surface area contributed by atoms with Gasteiger partial charge < -0.3 is 14.9 Å². The van der Waals surface area contributed by atoms with Crippen molar-refractivity contribution < 1.29 is 14.4 Å². The number of benzene rings is 1. The number of amides is 1. The first kappa shape index (κ1) is 16.0. The first-order valence-corrected chi connectivity index (χ1v) is 7.89. The predicted molar refractivity (Wildman–Crippen MR) is 86.0 cm³/mol. The number of aryl methyl sites for hydroxylation is 1. The zero-order valence-corrected chi connectivity index (χ0v) is 13.7. The van der Waals surface area contributed by atoms with Crippen LogP contribution in [0.25, 0.3) is 5.69 Å². The van der Waals surface area contributed by atoms with E-state index in [0.29, 0.717) is 22.4 Å². The van der Waals surface area contributed by atoms with Crippen LogP contribution in [0.1, 0.15) is 12.7 Å². The van der Waals surface area contributed by atoms with Crippen LogP contribution in [-0.2, 0) is 4.79 Å². The van der Waals surface area contributed by atoms with Crippen molar-refractivity contribution in [3.63, 3.8) is 0 Å². The number of aromatic hydroxyl groups is 1. The monoisotopic (exact) mass is 346 g/mol. The van der Waals surface area contributed by atoms with Crippen LogP contribution >= 0.6 is 11.8 Å². The molecule has 0 bridgehead atoms. The number of hydrogen-bond acceptors (Lipinski definition) is 8. The van der Waals surface area contributed by atoms with E-state index in [4.69, 9.17) is 4.52 Å². The van der Waals surface area contributed by atoms with Crippen LogP contribution in [0.4, 0.5) is 5.82 Å². The van der Waals surface area contributed by atoms with E-state index in [2.05, 4.69) is 26.0 Å². The average Bonchev–Trinajstić information content (AvgIpc) is 3.17. The summed E-state index contributed by atoms with van der Waals surface area (Å²) in [5.41, 5.74) is 0.681. The van der Waals surface area contributed by atoms with Gasteiger partial charge in [-0.15, -0.1) is 5.10 Å². The summed E-state index contributed by atoms with van der Waals surface area (Å²) in [4.78, 5) is 12.2. The normalized spacial score (nSPS) is 12.1. The number of hydrogen-bond donors (Lipinski definition) is 2. The van der Waals surface area contributed by atoms with Gasteiger partial charge in [0.05, 0.1) is 10.9 Å². The maximum absolute atomic E-state index is 12.2. The zero-order chi connectivity index (χ0) is 17.1. The number of phenolic OH excluding ortho intramolecular Hbond substituents is 1. The fourth-order valence-corrected chi connectivity index (χ4v) is 2.68. The number of anilines is 1. The number of thioether (sulfide) groups is 1. The number of nitrogens with one attached hydrogen (secondary N) is 1. The second-order valence-corrected chi connectivity index (χ2v) is 6.27. The maximum Gasteiger partial charge on any atom is 0.238 e. The standard InChI is InChI=1S/C14H14N6O3S/c1-8-7-12(17-23-8)15-13(22)9(2)24-14-16-18-19-20(14)10-3-5-11(21)6-4-10/h3-7,9,21H,1-2H3,(H,15,17,22). The Morgan fingerprint density at radius 3 is 2.79 bits per heavy atom. The Hall–Kier alpha value is -2.88. The quantitative estimate of drug-likeness (QED) is 0.671. The number of phenols is 1. The Morgan fingerprint density at radius 1 is 1.38 bits per heavy atom. The summed E-state index contributed by atoms with van der Waals surface area (Å²) in [6, 6.07) is 8.07. The van der Waals surface area contributed by atoms with Crippen LogP contribution in [0.5, 0.6) is 5.75 Å². The molecule has 0 aliphatic heterocycles. The van der Waals surface area contributed by atoms with Crippen LogP contribution in [0.2, 0.25) is 0 Å². The molecule has 0 saturated heterocycles. The highest BCUT2D eigenvalue weighted by Crippen LogP contribution is 2.24. The zero-order valence-electron chi connectivity index (χ0n) is 12.9. The van der Waals surface area contributed by atoms with Crippen molar-refractivity contribution in [2.24, 2.45) is 0 Å². The summed E-state index contributed by atoms with van der Waals surface area (Å²) >= 11 is 1.20. The molecule has 0 saturated carbocycles. The molecule has 0 aliphatic rings. The molecule has 1 amide bonds. The highest BCUT2D eigenvalue weighted by molar-refractivity contribution is 8.00. The van der Waals surface area contributed by atoms with Gasteiger partial charge in [-0.2, -0.15) is 4.68 Å². The van der Waals surface area contributed by atoms with Gasteiger partial charge in [-0.25, -0.2) is 0 Å². The van der Waals surface area contributed by atoms with E-state index in [1.54, 1.807) is 32.0 Å². The lowest BCUT2D eigenvalue weighted by atomic mass is 10.3. The van der Waals surface area contributed by atoms with Crippen molar-refractivity contribution in [2.75, 3.05) is 5.32 Å². The Morgan fingerprint density at radius 2 is 2.12 bits per heavy atom. The summed E-state index contributed by atoms with van der Waals surface area (Å²) in [5, 5.41) is 27.2. The minimum atomic E-state index is -0.455. The van der Waals surface area contributed by atoms with Crippen molar-refractivity contribution in [3.05, 3.63) is 36.1 Å². The van der Waals surface area contributed by atoms with Crippen LogP contribution in [0.15, 0.2) is 40.0 Å². The van der Waals surface area contributed by atoms with Crippen LogP contribution < -0.4 is 5.32 Å². The number of nitrogens with zero attached hydrogens (tertiary/aromatic N) is 5. The van der Waals surface area contributed by atoms with Gasteiger partial charge in [0.1, 0.15) is 11.5 Å². The van der Waals surface area contributed by atoms with E-state index in [1.807, 2.05) is 0 Å². The molecule has 2 aromatic heterocycles. The number of carbonyl (C=O) groups excluding carboxylic acids is 1. The fourth-order valence-electron chi connectivity index (χ4n) is 1.87. The van der Waals surface area contributed by atoms with Gasteiger partial charge in [-0.3, -0.25) is 4.79 Å². The van der Waals surface area contributed by atoms with Crippen molar-refractivity contribution in [3.8, 4) is 11.4 Å². The van der Waals surface area contributed by atoms with Crippen LogP contribution in [-0.4, -0.2) is 41.6 Å². The molecule has 1 atom stereocenters. The third-order valence-corrected chi connectivity index (χ3v) is 4.10. The minimum absolute atomic E-state index is 0.150. The van der Waals surface area contributed by atoms with Gasteiger partial charge in [-0.05, 0) is 48.5 Å². The second-order valence-electron chi connectivity index (χ2n) is 4.96. The summed E-state index contributed by atoms with van der Waals surface area (Å²) in [5.74, 6) is 0.884.